The number of aromatic nitrogens is 2. The van der Waals surface area contributed by atoms with Crippen LogP contribution in [-0.2, 0) is 40.2 Å². The van der Waals surface area contributed by atoms with Gasteiger partial charge in [0.15, 0.2) is 17.4 Å². The van der Waals surface area contributed by atoms with Gasteiger partial charge < -0.3 is 34.5 Å². The number of para-hydroxylation sites is 1. The van der Waals surface area contributed by atoms with E-state index >= 15 is 4.39 Å². The molecule has 3 N–H and O–H groups in total. The first-order valence-corrected chi connectivity index (χ1v) is 24.4. The number of nitrogens with zero attached hydrogens (tertiary/aromatic N) is 5. The molecule has 332 valence electrons. The molecule has 14 nitrogen and oxygen atoms in total. The Hall–Kier alpha value is -6.02. The van der Waals surface area contributed by atoms with Crippen LogP contribution in [0.5, 0.6) is 17.2 Å². The van der Waals surface area contributed by atoms with Gasteiger partial charge >= 0.3 is 0 Å². The minimum absolute atomic E-state index is 0.0845. The molecule has 0 saturated carbocycles. The lowest BCUT2D eigenvalue weighted by atomic mass is 10.00. The Labute approximate surface area is 375 Å². The Morgan fingerprint density at radius 3 is 2.41 bits per heavy atom. The molecule has 2 fully saturated rings. The van der Waals surface area contributed by atoms with Gasteiger partial charge in [-0.25, -0.2) is 9.37 Å². The highest BCUT2D eigenvalue weighted by Crippen LogP contribution is 2.42. The maximum absolute atomic E-state index is 15.7. The predicted octanol–water partition coefficient (Wildman–Crippen LogP) is 8.11. The summed E-state index contributed by atoms with van der Waals surface area (Å²) in [6.45, 7) is 8.65. The Kier molecular flexibility index (Phi) is 11.8. The van der Waals surface area contributed by atoms with Crippen LogP contribution in [0.3, 0.4) is 0 Å². The van der Waals surface area contributed by atoms with E-state index in [1.54, 1.807) is 50.8 Å². The van der Waals surface area contributed by atoms with Crippen molar-refractivity contribution in [3.63, 3.8) is 0 Å². The molecule has 9 rings (SSSR count). The summed E-state index contributed by atoms with van der Waals surface area (Å²) in [4.78, 5) is 53.1. The zero-order chi connectivity index (χ0) is 44.9. The topological polar surface area (TPSA) is 158 Å². The summed E-state index contributed by atoms with van der Waals surface area (Å²) in [5, 5.41) is 9.93. The van der Waals surface area contributed by atoms with Crippen LogP contribution in [0.4, 0.5) is 33.2 Å². The van der Waals surface area contributed by atoms with Crippen LogP contribution in [0, 0.1) is 5.82 Å². The maximum Gasteiger partial charge on any atom is 0.255 e. The van der Waals surface area contributed by atoms with Gasteiger partial charge in [0.2, 0.25) is 17.8 Å². The molecule has 2 saturated heterocycles. The normalized spacial score (nSPS) is 17.9. The van der Waals surface area contributed by atoms with Crippen LogP contribution in [-0.4, -0.2) is 83.1 Å². The van der Waals surface area contributed by atoms with Crippen molar-refractivity contribution in [1.82, 2.24) is 25.1 Å². The molecule has 64 heavy (non-hydrogen) atoms. The van der Waals surface area contributed by atoms with E-state index in [1.807, 2.05) is 24.3 Å². The summed E-state index contributed by atoms with van der Waals surface area (Å²) >= 11 is 6.53. The number of hydrogen-bond acceptors (Lipinski definition) is 12. The number of amides is 3. The second-order valence-electron chi connectivity index (χ2n) is 17.0. The number of carbonyl (C=O) groups is 3. The van der Waals surface area contributed by atoms with Crippen LogP contribution in [0.25, 0.3) is 0 Å². The minimum atomic E-state index is -2.58. The number of fused-ring (bicyclic) bond motifs is 2. The van der Waals surface area contributed by atoms with Crippen LogP contribution in [0.2, 0.25) is 5.02 Å². The van der Waals surface area contributed by atoms with Crippen LogP contribution < -0.4 is 35.6 Å². The van der Waals surface area contributed by atoms with Crippen LogP contribution in [0.1, 0.15) is 65.2 Å². The number of carbonyl (C=O) groups excluding carboxylic acids is 3. The lowest BCUT2D eigenvalue weighted by Gasteiger charge is -2.38. The highest BCUT2D eigenvalue weighted by Gasteiger charge is 2.40. The van der Waals surface area contributed by atoms with E-state index in [4.69, 9.17) is 21.1 Å². The Morgan fingerprint density at radius 2 is 1.67 bits per heavy atom. The van der Waals surface area contributed by atoms with Crippen LogP contribution >= 0.6 is 18.7 Å². The molecule has 0 aliphatic carbocycles. The Bertz CT molecular complexity index is 2740. The second kappa shape index (κ2) is 17.5. The zero-order valence-electron chi connectivity index (χ0n) is 36.0. The quantitative estimate of drug-likeness (QED) is 0.0818. The monoisotopic (exact) mass is 906 g/mol. The first kappa shape index (κ1) is 43.2. The first-order chi connectivity index (χ1) is 30.8. The molecule has 4 aromatic carbocycles. The summed E-state index contributed by atoms with van der Waals surface area (Å²) in [7, 11) is -0.945. The third-order valence-electron chi connectivity index (χ3n) is 12.6. The number of rotatable bonds is 12. The minimum Gasteiger partial charge on any atom is -0.494 e. The highest BCUT2D eigenvalue weighted by atomic mass is 35.5. The zero-order valence-corrected chi connectivity index (χ0v) is 37.7. The van der Waals surface area contributed by atoms with E-state index in [0.717, 1.165) is 54.7 Å². The van der Waals surface area contributed by atoms with Crippen molar-refractivity contribution in [3.8, 4) is 17.2 Å². The van der Waals surface area contributed by atoms with Gasteiger partial charge in [0.05, 0.1) is 31.2 Å². The average molecular weight is 907 g/mol. The second-order valence-corrected chi connectivity index (χ2v) is 20.6. The third kappa shape index (κ3) is 8.51. The number of benzene rings is 4. The van der Waals surface area contributed by atoms with E-state index < -0.39 is 24.9 Å². The molecule has 0 radical (unpaired) electrons. The summed E-state index contributed by atoms with van der Waals surface area (Å²) in [6.07, 6.45) is 4.55. The number of halogens is 2. The lowest BCUT2D eigenvalue weighted by molar-refractivity contribution is -0.136. The predicted molar refractivity (Wildman–Crippen MR) is 245 cm³/mol. The SMILES string of the molecule is CCc1cc(Nc2ncc(Cl)c(Nc3ccccc3P(C)(C)=O)n2)c(OC)cc1N1CCC(N2Cc3cc(F)c(Oc4cccc5c4CN(C4CCC(=O)NC4=O)C5=O)cc3C2)CC1. The maximum atomic E-state index is 15.7. The molecular weight excluding hydrogens is 858 g/mol. The van der Waals surface area contributed by atoms with Crippen molar-refractivity contribution < 1.29 is 32.8 Å². The van der Waals surface area contributed by atoms with E-state index in [9.17, 15) is 18.9 Å². The number of nitrogens with one attached hydrogen (secondary N) is 3. The summed E-state index contributed by atoms with van der Waals surface area (Å²) in [6, 6.07) is 19.5. The van der Waals surface area contributed by atoms with Gasteiger partial charge in [-0.1, -0.05) is 36.7 Å². The highest BCUT2D eigenvalue weighted by molar-refractivity contribution is 7.70. The molecule has 4 aliphatic rings. The molecule has 1 atom stereocenters. The largest absolute Gasteiger partial charge is 0.494 e. The van der Waals surface area contributed by atoms with Gasteiger partial charge in [0, 0.05) is 66.8 Å². The van der Waals surface area contributed by atoms with E-state index in [2.05, 4.69) is 54.8 Å². The molecule has 0 spiro atoms. The fourth-order valence-electron chi connectivity index (χ4n) is 9.27. The van der Waals surface area contributed by atoms with Crippen molar-refractivity contribution in [1.29, 1.82) is 0 Å². The van der Waals surface area contributed by atoms with Crippen molar-refractivity contribution in [2.75, 3.05) is 49.1 Å². The number of piperidine rings is 2. The summed E-state index contributed by atoms with van der Waals surface area (Å²) < 4.78 is 40.8. The average Bonchev–Trinajstić information content (AvgIpc) is 3.85. The number of imide groups is 1. The summed E-state index contributed by atoms with van der Waals surface area (Å²) in [5.41, 5.74) is 6.53. The fourth-order valence-corrected chi connectivity index (χ4v) is 10.6. The van der Waals surface area contributed by atoms with Gasteiger partial charge in [-0.15, -0.1) is 0 Å². The standard InChI is InChI=1S/C47H49ClFN8O6P/c1-5-27-20-36(52-47-50-23-33(48)44(54-47)51-35-10-6-7-12-42(35)64(3,4)61)41(62-2)22-38(27)55-17-15-30(16-18-55)56-24-28-19-34(49)40(21-29(28)25-56)63-39-11-8-9-31-32(39)26-57(46(31)60)37-13-14-43(58)53-45(37)59/h6-12,19-23,30,37H,5,13-18,24-26H2,1-4H3,(H,53,58,59)(H2,50,51,52,54). The third-order valence-corrected chi connectivity index (χ3v) is 14.4. The van der Waals surface area contributed by atoms with Crippen molar-refractivity contribution >= 4 is 70.6 Å². The molecule has 4 aliphatic heterocycles. The van der Waals surface area contributed by atoms with Crippen LogP contribution in [0.15, 0.2) is 72.9 Å². The smallest absolute Gasteiger partial charge is 0.255 e. The lowest BCUT2D eigenvalue weighted by Crippen LogP contribution is -2.52. The molecule has 1 unspecified atom stereocenters. The van der Waals surface area contributed by atoms with Crippen molar-refractivity contribution in [2.24, 2.45) is 0 Å². The molecule has 5 aromatic rings. The molecule has 17 heteroatoms. The molecule has 3 amide bonds. The number of aryl methyl sites for hydroxylation is 1. The fraction of sp³-hybridized carbons (Fsp3) is 0.340. The molecule has 5 heterocycles. The van der Waals surface area contributed by atoms with Crippen molar-refractivity contribution in [3.05, 3.63) is 112 Å². The van der Waals surface area contributed by atoms with Gasteiger partial charge in [-0.2, -0.15) is 4.98 Å². The van der Waals surface area contributed by atoms with Gasteiger partial charge in [0.25, 0.3) is 5.91 Å². The number of methoxy groups -OCH3 is 1. The number of anilines is 5. The van der Waals surface area contributed by atoms with Gasteiger partial charge in [-0.05, 0) is 98.2 Å². The van der Waals surface area contributed by atoms with Crippen molar-refractivity contribution in [2.45, 2.75) is 70.7 Å². The first-order valence-electron chi connectivity index (χ1n) is 21.4. The summed E-state index contributed by atoms with van der Waals surface area (Å²) in [5.74, 6) is 0.140. The van der Waals surface area contributed by atoms with Gasteiger partial charge in [0.1, 0.15) is 29.7 Å². The van der Waals surface area contributed by atoms with E-state index in [0.29, 0.717) is 75.2 Å². The van der Waals surface area contributed by atoms with E-state index in [1.165, 1.54) is 11.1 Å². The molecular formula is C47H49ClFN8O6P. The molecule has 0 bridgehead atoms. The Balaban J connectivity index is 0.850. The van der Waals surface area contributed by atoms with E-state index in [-0.39, 0.29) is 37.0 Å². The number of ether oxygens (including phenoxy) is 2. The number of hydrogen-bond donors (Lipinski definition) is 3. The Morgan fingerprint density at radius 1 is 0.906 bits per heavy atom. The van der Waals surface area contributed by atoms with Gasteiger partial charge in [-0.3, -0.25) is 24.6 Å². The molecule has 1 aromatic heterocycles.